The van der Waals surface area contributed by atoms with Gasteiger partial charge in [-0.2, -0.15) is 11.3 Å². The summed E-state index contributed by atoms with van der Waals surface area (Å²) in [4.78, 5) is 14.3. The Hall–Kier alpha value is -0.870. The molecule has 0 unspecified atom stereocenters. The quantitative estimate of drug-likeness (QED) is 0.713. The molecule has 0 fully saturated rings. The van der Waals surface area contributed by atoms with E-state index in [2.05, 4.69) is 21.7 Å². The summed E-state index contributed by atoms with van der Waals surface area (Å²) in [7, 11) is 2.00. The van der Waals surface area contributed by atoms with Crippen LogP contribution in [-0.4, -0.2) is 24.3 Å². The second kappa shape index (κ2) is 7.23. The van der Waals surface area contributed by atoms with E-state index < -0.39 is 0 Å². The zero-order chi connectivity index (χ0) is 14.5. The number of nitrogens with zero attached hydrogens (tertiary/aromatic N) is 1. The molecule has 0 aliphatic rings. The van der Waals surface area contributed by atoms with Gasteiger partial charge in [0.1, 0.15) is 0 Å². The van der Waals surface area contributed by atoms with E-state index in [1.54, 1.807) is 29.5 Å². The summed E-state index contributed by atoms with van der Waals surface area (Å²) in [6.45, 7) is 1.54. The Kier molecular flexibility index (Phi) is 5.61. The van der Waals surface area contributed by atoms with Crippen molar-refractivity contribution in [3.63, 3.8) is 0 Å². The summed E-state index contributed by atoms with van der Waals surface area (Å²) in [5.74, 6) is 0.0228. The van der Waals surface area contributed by atoms with Gasteiger partial charge < -0.3 is 4.90 Å². The number of carbonyl (C=O) groups excluding carboxylic acids is 1. The Balaban J connectivity index is 1.90. The van der Waals surface area contributed by atoms with Gasteiger partial charge in [-0.05, 0) is 41.6 Å². The number of benzene rings is 1. The van der Waals surface area contributed by atoms with Gasteiger partial charge in [-0.25, -0.2) is 0 Å². The maximum Gasteiger partial charge on any atom is 0.165 e. The fraction of sp³-hybridized carbons (Fsp3) is 0.267. The van der Waals surface area contributed by atoms with Crippen LogP contribution in [-0.2, 0) is 6.54 Å². The summed E-state index contributed by atoms with van der Waals surface area (Å²) in [5, 5.41) is 4.94. The number of halogens is 2. The molecule has 0 spiro atoms. The van der Waals surface area contributed by atoms with E-state index in [9.17, 15) is 4.79 Å². The number of hydrogen-bond donors (Lipinski definition) is 0. The highest BCUT2D eigenvalue weighted by Gasteiger charge is 2.13. The highest BCUT2D eigenvalue weighted by molar-refractivity contribution is 7.07. The first kappa shape index (κ1) is 15.5. The van der Waals surface area contributed by atoms with Gasteiger partial charge in [0.2, 0.25) is 0 Å². The molecule has 0 bridgehead atoms. The average molecular weight is 328 g/mol. The van der Waals surface area contributed by atoms with Crippen LogP contribution in [0.5, 0.6) is 0 Å². The summed E-state index contributed by atoms with van der Waals surface area (Å²) in [5.41, 5.74) is 1.77. The Labute approximate surface area is 132 Å². The molecule has 0 atom stereocenters. The smallest absolute Gasteiger partial charge is 0.165 e. The molecule has 0 aliphatic heterocycles. The lowest BCUT2D eigenvalue weighted by molar-refractivity contribution is 0.0968. The standard InChI is InChI=1S/C15H15Cl2NOS/c1-18(9-11-6-8-20-10-11)7-5-14(19)12-3-2-4-13(16)15(12)17/h2-4,6,8,10H,5,7,9H2,1H3. The van der Waals surface area contributed by atoms with E-state index in [0.29, 0.717) is 28.6 Å². The van der Waals surface area contributed by atoms with Gasteiger partial charge >= 0.3 is 0 Å². The lowest BCUT2D eigenvalue weighted by Gasteiger charge is -2.15. The first-order chi connectivity index (χ1) is 9.58. The minimum atomic E-state index is 0.0228. The molecular formula is C15H15Cl2NOS. The highest BCUT2D eigenvalue weighted by Crippen LogP contribution is 2.26. The molecule has 0 saturated carbocycles. The van der Waals surface area contributed by atoms with Gasteiger partial charge in [-0.3, -0.25) is 4.79 Å². The van der Waals surface area contributed by atoms with Crippen molar-refractivity contribution in [2.45, 2.75) is 13.0 Å². The van der Waals surface area contributed by atoms with Crippen LogP contribution in [0.3, 0.4) is 0 Å². The van der Waals surface area contributed by atoms with Crippen molar-refractivity contribution in [1.82, 2.24) is 4.90 Å². The summed E-state index contributed by atoms with van der Waals surface area (Å²) < 4.78 is 0. The van der Waals surface area contributed by atoms with E-state index >= 15 is 0 Å². The molecule has 0 N–H and O–H groups in total. The van der Waals surface area contributed by atoms with Crippen LogP contribution in [0, 0.1) is 0 Å². The molecule has 1 aromatic heterocycles. The fourth-order valence-corrected chi connectivity index (χ4v) is 2.99. The van der Waals surface area contributed by atoms with Gasteiger partial charge in [0, 0.05) is 25.1 Å². The maximum atomic E-state index is 12.2. The Morgan fingerprint density at radius 1 is 1.30 bits per heavy atom. The maximum absolute atomic E-state index is 12.2. The van der Waals surface area contributed by atoms with Crippen molar-refractivity contribution in [2.75, 3.05) is 13.6 Å². The molecule has 2 aromatic rings. The molecule has 106 valence electrons. The van der Waals surface area contributed by atoms with Crippen LogP contribution in [0.25, 0.3) is 0 Å². The number of rotatable bonds is 6. The lowest BCUT2D eigenvalue weighted by atomic mass is 10.1. The summed E-state index contributed by atoms with van der Waals surface area (Å²) >= 11 is 13.7. The first-order valence-electron chi connectivity index (χ1n) is 6.24. The molecule has 1 heterocycles. The molecule has 2 nitrogen and oxygen atoms in total. The fourth-order valence-electron chi connectivity index (χ4n) is 1.92. The third-order valence-electron chi connectivity index (χ3n) is 3.01. The largest absolute Gasteiger partial charge is 0.302 e. The topological polar surface area (TPSA) is 20.3 Å². The molecule has 0 amide bonds. The van der Waals surface area contributed by atoms with E-state index in [1.807, 2.05) is 7.05 Å². The first-order valence-corrected chi connectivity index (χ1v) is 7.94. The minimum absolute atomic E-state index is 0.0228. The van der Waals surface area contributed by atoms with Crippen LogP contribution in [0.2, 0.25) is 10.0 Å². The molecule has 5 heteroatoms. The summed E-state index contributed by atoms with van der Waals surface area (Å²) in [6.07, 6.45) is 0.431. The van der Waals surface area contributed by atoms with Gasteiger partial charge in [-0.1, -0.05) is 29.3 Å². The zero-order valence-electron chi connectivity index (χ0n) is 11.1. The van der Waals surface area contributed by atoms with Gasteiger partial charge in [0.05, 0.1) is 10.0 Å². The Morgan fingerprint density at radius 2 is 2.10 bits per heavy atom. The number of ketones is 1. The predicted octanol–water partition coefficient (Wildman–Crippen LogP) is 4.76. The van der Waals surface area contributed by atoms with Crippen molar-refractivity contribution in [3.05, 3.63) is 56.2 Å². The molecule has 0 saturated heterocycles. The molecule has 0 aliphatic carbocycles. The molecule has 0 radical (unpaired) electrons. The summed E-state index contributed by atoms with van der Waals surface area (Å²) in [6, 6.07) is 7.24. The lowest BCUT2D eigenvalue weighted by Crippen LogP contribution is -2.21. The molecule has 20 heavy (non-hydrogen) atoms. The average Bonchev–Trinajstić information content (AvgIpc) is 2.92. The molecule has 2 rings (SSSR count). The monoisotopic (exact) mass is 327 g/mol. The van der Waals surface area contributed by atoms with Crippen molar-refractivity contribution in [2.24, 2.45) is 0 Å². The number of Topliss-reactive ketones (excluding diaryl/α,β-unsaturated/α-hetero) is 1. The van der Waals surface area contributed by atoms with Gasteiger partial charge in [0.15, 0.2) is 5.78 Å². The Morgan fingerprint density at radius 3 is 2.80 bits per heavy atom. The van der Waals surface area contributed by atoms with Crippen LogP contribution in [0.15, 0.2) is 35.0 Å². The zero-order valence-corrected chi connectivity index (χ0v) is 13.4. The van der Waals surface area contributed by atoms with Gasteiger partial charge in [0.25, 0.3) is 0 Å². The van der Waals surface area contributed by atoms with Crippen LogP contribution in [0.1, 0.15) is 22.3 Å². The number of carbonyl (C=O) groups is 1. The molecular weight excluding hydrogens is 313 g/mol. The Bertz CT molecular complexity index is 584. The van der Waals surface area contributed by atoms with Gasteiger partial charge in [-0.15, -0.1) is 0 Å². The van der Waals surface area contributed by atoms with Crippen molar-refractivity contribution < 1.29 is 4.79 Å². The van der Waals surface area contributed by atoms with Crippen molar-refractivity contribution in [1.29, 1.82) is 0 Å². The van der Waals surface area contributed by atoms with Crippen LogP contribution in [0.4, 0.5) is 0 Å². The third-order valence-corrected chi connectivity index (χ3v) is 4.56. The van der Waals surface area contributed by atoms with E-state index in [4.69, 9.17) is 23.2 Å². The third kappa shape index (κ3) is 4.06. The SMILES string of the molecule is CN(CCC(=O)c1cccc(Cl)c1Cl)Cc1ccsc1. The van der Waals surface area contributed by atoms with E-state index in [-0.39, 0.29) is 5.78 Å². The van der Waals surface area contributed by atoms with E-state index in [1.165, 1.54) is 5.56 Å². The predicted molar refractivity (Wildman–Crippen MR) is 86.1 cm³/mol. The van der Waals surface area contributed by atoms with E-state index in [0.717, 1.165) is 6.54 Å². The minimum Gasteiger partial charge on any atom is -0.302 e. The van der Waals surface area contributed by atoms with Crippen LogP contribution < -0.4 is 0 Å². The molecule has 1 aromatic carbocycles. The van der Waals surface area contributed by atoms with Crippen molar-refractivity contribution in [3.8, 4) is 0 Å². The second-order valence-electron chi connectivity index (χ2n) is 4.64. The normalized spacial score (nSPS) is 11.0. The highest BCUT2D eigenvalue weighted by atomic mass is 35.5. The van der Waals surface area contributed by atoms with Crippen molar-refractivity contribution >= 4 is 40.3 Å². The number of hydrogen-bond acceptors (Lipinski definition) is 3. The van der Waals surface area contributed by atoms with Crippen LogP contribution >= 0.6 is 34.5 Å². The second-order valence-corrected chi connectivity index (χ2v) is 6.21. The number of thiophene rings is 1.